The van der Waals surface area contributed by atoms with Crippen molar-refractivity contribution in [3.63, 3.8) is 0 Å². The molecule has 0 aliphatic carbocycles. The predicted octanol–water partition coefficient (Wildman–Crippen LogP) is 3.76. The van der Waals surface area contributed by atoms with Crippen LogP contribution in [0.1, 0.15) is 16.4 Å². The molecule has 0 saturated heterocycles. The second-order valence-electron chi connectivity index (χ2n) is 4.92. The van der Waals surface area contributed by atoms with Crippen molar-refractivity contribution in [2.75, 3.05) is 5.32 Å². The quantitative estimate of drug-likeness (QED) is 0.784. The number of aromatic nitrogens is 3. The number of amides is 1. The highest BCUT2D eigenvalue weighted by Crippen LogP contribution is 2.19. The Labute approximate surface area is 140 Å². The summed E-state index contributed by atoms with van der Waals surface area (Å²) in [6.45, 7) is 1.65. The lowest BCUT2D eigenvalue weighted by atomic mass is 10.3. The van der Waals surface area contributed by atoms with E-state index in [1.807, 2.05) is 0 Å². The molecular formula is C16H11ClF2N4O. The molecular weight excluding hydrogens is 338 g/mol. The monoisotopic (exact) mass is 348 g/mol. The van der Waals surface area contributed by atoms with Gasteiger partial charge in [0.05, 0.1) is 5.69 Å². The maximum absolute atomic E-state index is 13.6. The molecule has 1 heterocycles. The van der Waals surface area contributed by atoms with Gasteiger partial charge < -0.3 is 5.32 Å². The van der Waals surface area contributed by atoms with Crippen LogP contribution in [0.4, 0.5) is 14.5 Å². The van der Waals surface area contributed by atoms with Crippen LogP contribution < -0.4 is 5.32 Å². The van der Waals surface area contributed by atoms with Crippen molar-refractivity contribution < 1.29 is 13.6 Å². The molecule has 2 aromatic carbocycles. The number of hydrogen-bond donors (Lipinski definition) is 1. The molecule has 0 aliphatic rings. The number of halogens is 3. The van der Waals surface area contributed by atoms with E-state index < -0.39 is 23.2 Å². The lowest BCUT2D eigenvalue weighted by molar-refractivity contribution is 0.101. The Bertz CT molecular complexity index is 889. The van der Waals surface area contributed by atoms with E-state index in [1.54, 1.807) is 31.2 Å². The van der Waals surface area contributed by atoms with Gasteiger partial charge in [-0.25, -0.2) is 18.4 Å². The highest BCUT2D eigenvalue weighted by molar-refractivity contribution is 6.30. The summed E-state index contributed by atoms with van der Waals surface area (Å²) in [4.78, 5) is 16.2. The smallest absolute Gasteiger partial charge is 0.295 e. The normalized spacial score (nSPS) is 10.7. The van der Waals surface area contributed by atoms with E-state index in [0.717, 1.165) is 12.1 Å². The Morgan fingerprint density at radius 1 is 1.12 bits per heavy atom. The number of benzene rings is 2. The molecule has 0 radical (unpaired) electrons. The number of rotatable bonds is 3. The molecule has 1 amide bonds. The summed E-state index contributed by atoms with van der Waals surface area (Å²) in [6, 6.07) is 10.1. The van der Waals surface area contributed by atoms with Gasteiger partial charge in [-0.2, -0.15) is 0 Å². The largest absolute Gasteiger partial charge is 0.314 e. The Morgan fingerprint density at radius 2 is 1.75 bits per heavy atom. The summed E-state index contributed by atoms with van der Waals surface area (Å²) in [5.74, 6) is -2.33. The summed E-state index contributed by atoms with van der Waals surface area (Å²) in [7, 11) is 0. The Kier molecular flexibility index (Phi) is 4.26. The number of carbonyl (C=O) groups is 1. The van der Waals surface area contributed by atoms with Crippen LogP contribution in [-0.2, 0) is 0 Å². The number of carbonyl (C=O) groups excluding carboxylic acids is 1. The maximum Gasteiger partial charge on any atom is 0.295 e. The van der Waals surface area contributed by atoms with Gasteiger partial charge in [0.15, 0.2) is 0 Å². The van der Waals surface area contributed by atoms with Gasteiger partial charge in [0.25, 0.3) is 5.91 Å². The van der Waals surface area contributed by atoms with E-state index in [1.165, 1.54) is 10.7 Å². The van der Waals surface area contributed by atoms with Crippen molar-refractivity contribution in [3.8, 4) is 5.69 Å². The van der Waals surface area contributed by atoms with Crippen molar-refractivity contribution in [2.24, 2.45) is 0 Å². The first kappa shape index (κ1) is 16.1. The summed E-state index contributed by atoms with van der Waals surface area (Å²) < 4.78 is 28.6. The molecule has 1 aromatic heterocycles. The van der Waals surface area contributed by atoms with Crippen LogP contribution in [-0.4, -0.2) is 20.7 Å². The molecule has 0 aliphatic heterocycles. The molecule has 5 nitrogen and oxygen atoms in total. The first-order valence-electron chi connectivity index (χ1n) is 6.90. The molecule has 0 saturated carbocycles. The summed E-state index contributed by atoms with van der Waals surface area (Å²) in [5.41, 5.74) is 0.114. The molecule has 122 valence electrons. The lowest BCUT2D eigenvalue weighted by Gasteiger charge is -2.05. The van der Waals surface area contributed by atoms with Crippen molar-refractivity contribution in [2.45, 2.75) is 6.92 Å². The third kappa shape index (κ3) is 3.11. The van der Waals surface area contributed by atoms with Gasteiger partial charge >= 0.3 is 0 Å². The summed E-state index contributed by atoms with van der Waals surface area (Å²) in [6.07, 6.45) is 0. The highest BCUT2D eigenvalue weighted by Gasteiger charge is 2.18. The Hall–Kier alpha value is -2.80. The molecule has 1 N–H and O–H groups in total. The molecule has 0 bridgehead atoms. The van der Waals surface area contributed by atoms with Crippen molar-refractivity contribution in [1.29, 1.82) is 0 Å². The molecule has 8 heteroatoms. The average Bonchev–Trinajstić information content (AvgIpc) is 2.94. The molecule has 3 rings (SSSR count). The zero-order valence-corrected chi connectivity index (χ0v) is 13.2. The van der Waals surface area contributed by atoms with E-state index in [2.05, 4.69) is 15.4 Å². The van der Waals surface area contributed by atoms with Gasteiger partial charge in [-0.05, 0) is 43.3 Å². The van der Waals surface area contributed by atoms with Gasteiger partial charge in [-0.3, -0.25) is 4.79 Å². The van der Waals surface area contributed by atoms with Gasteiger partial charge in [0.2, 0.25) is 5.82 Å². The van der Waals surface area contributed by atoms with Crippen LogP contribution in [0.15, 0.2) is 42.5 Å². The number of para-hydroxylation sites is 1. The number of nitrogens with zero attached hydrogens (tertiary/aromatic N) is 3. The molecule has 0 unspecified atom stereocenters. The van der Waals surface area contributed by atoms with E-state index in [-0.39, 0.29) is 5.82 Å². The van der Waals surface area contributed by atoms with Crippen LogP contribution in [0.3, 0.4) is 0 Å². The van der Waals surface area contributed by atoms with Crippen molar-refractivity contribution >= 4 is 23.2 Å². The van der Waals surface area contributed by atoms with Gasteiger partial charge in [0, 0.05) is 5.02 Å². The number of aryl methyl sites for hydroxylation is 1. The minimum atomic E-state index is -0.878. The molecule has 0 fully saturated rings. The van der Waals surface area contributed by atoms with Crippen LogP contribution in [0.5, 0.6) is 0 Å². The fourth-order valence-corrected chi connectivity index (χ4v) is 2.23. The third-order valence-corrected chi connectivity index (χ3v) is 3.50. The van der Waals surface area contributed by atoms with Gasteiger partial charge in [-0.15, -0.1) is 5.10 Å². The summed E-state index contributed by atoms with van der Waals surface area (Å²) >= 11 is 5.83. The van der Waals surface area contributed by atoms with Crippen LogP contribution in [0, 0.1) is 18.6 Å². The molecule has 0 atom stereocenters. The number of anilines is 1. The minimum absolute atomic E-state index is 0.204. The number of hydrogen-bond acceptors (Lipinski definition) is 3. The number of nitrogens with one attached hydrogen (secondary N) is 1. The van der Waals surface area contributed by atoms with Gasteiger partial charge in [0.1, 0.15) is 23.1 Å². The first-order chi connectivity index (χ1) is 11.5. The Morgan fingerprint density at radius 3 is 2.38 bits per heavy atom. The van der Waals surface area contributed by atoms with E-state index in [4.69, 9.17) is 11.6 Å². The average molecular weight is 349 g/mol. The minimum Gasteiger partial charge on any atom is -0.314 e. The first-order valence-corrected chi connectivity index (χ1v) is 7.28. The van der Waals surface area contributed by atoms with Gasteiger partial charge in [-0.1, -0.05) is 17.7 Å². The summed E-state index contributed by atoms with van der Waals surface area (Å²) in [5, 5.41) is 6.78. The second kappa shape index (κ2) is 6.37. The van der Waals surface area contributed by atoms with Crippen LogP contribution in [0.2, 0.25) is 5.02 Å². The maximum atomic E-state index is 13.6. The van der Waals surface area contributed by atoms with E-state index in [0.29, 0.717) is 16.5 Å². The SMILES string of the molecule is Cc1nc(C(=O)Nc2c(F)cccc2F)nn1-c1ccc(Cl)cc1. The van der Waals surface area contributed by atoms with E-state index in [9.17, 15) is 13.6 Å². The topological polar surface area (TPSA) is 59.8 Å². The zero-order chi connectivity index (χ0) is 17.3. The molecule has 0 spiro atoms. The third-order valence-electron chi connectivity index (χ3n) is 3.24. The van der Waals surface area contributed by atoms with Crippen LogP contribution in [0.25, 0.3) is 5.69 Å². The Balaban J connectivity index is 1.89. The van der Waals surface area contributed by atoms with Crippen LogP contribution >= 0.6 is 11.6 Å². The zero-order valence-electron chi connectivity index (χ0n) is 12.4. The standard InChI is InChI=1S/C16H11ClF2N4O/c1-9-20-15(22-23(9)11-7-5-10(17)6-8-11)16(24)21-14-12(18)3-2-4-13(14)19/h2-8H,1H3,(H,21,24). The fraction of sp³-hybridized carbons (Fsp3) is 0.0625. The highest BCUT2D eigenvalue weighted by atomic mass is 35.5. The molecule has 24 heavy (non-hydrogen) atoms. The fourth-order valence-electron chi connectivity index (χ4n) is 2.10. The predicted molar refractivity (Wildman–Crippen MR) is 85.4 cm³/mol. The van der Waals surface area contributed by atoms with E-state index >= 15 is 0 Å². The lowest BCUT2D eigenvalue weighted by Crippen LogP contribution is -2.16. The van der Waals surface area contributed by atoms with Crippen molar-refractivity contribution in [1.82, 2.24) is 14.8 Å². The molecule has 3 aromatic rings. The second-order valence-corrected chi connectivity index (χ2v) is 5.36. The van der Waals surface area contributed by atoms with Crippen molar-refractivity contribution in [3.05, 3.63) is 70.8 Å².